The fraction of sp³-hybridized carbons (Fsp3) is 0.217. The number of carbonyl (C=O) groups is 1. The summed E-state index contributed by atoms with van der Waals surface area (Å²) in [6.07, 6.45) is 0. The van der Waals surface area contributed by atoms with E-state index in [1.807, 2.05) is 51.1 Å². The summed E-state index contributed by atoms with van der Waals surface area (Å²) in [6.45, 7) is 6.48. The van der Waals surface area contributed by atoms with Crippen molar-refractivity contribution in [3.05, 3.63) is 83.6 Å². The van der Waals surface area contributed by atoms with Gasteiger partial charge in [0.2, 0.25) is 0 Å². The number of rotatable bonds is 6. The topological polar surface area (TPSA) is 114 Å². The second kappa shape index (κ2) is 8.77. The highest BCUT2D eigenvalue weighted by Crippen LogP contribution is 2.24. The number of benzene rings is 2. The van der Waals surface area contributed by atoms with Gasteiger partial charge in [-0.05, 0) is 42.0 Å². The van der Waals surface area contributed by atoms with Crippen molar-refractivity contribution in [3.63, 3.8) is 0 Å². The molecular weight excluding hydrogens is 412 g/mol. The van der Waals surface area contributed by atoms with Crippen molar-refractivity contribution >= 4 is 27.4 Å². The summed E-state index contributed by atoms with van der Waals surface area (Å²) in [7, 11) is -4.06. The number of nitrogen functional groups attached to an aromatic ring is 1. The molecule has 0 saturated heterocycles. The molecule has 0 spiro atoms. The predicted octanol–water partition coefficient (Wildman–Crippen LogP) is 3.94. The monoisotopic (exact) mass is 440 g/mol. The zero-order valence-corrected chi connectivity index (χ0v) is 18.5. The number of nitrogens with zero attached hydrogens (tertiary/aromatic N) is 1. The predicted molar refractivity (Wildman–Crippen MR) is 124 cm³/mol. The van der Waals surface area contributed by atoms with Gasteiger partial charge in [-0.3, -0.25) is 4.79 Å². The standard InChI is InChI=1S/C23H26N4O3S.H2/c1-23(2,3)20-14-13-19(21(26-20)25-15-16-7-5-4-6-8-16)22(28)27-31(29,30)18-11-9-17(24)10-12-18;/h4-14H,15,24H2,1-3H3,(H,25,26)(H,27,28);1H. The van der Waals surface area contributed by atoms with Crippen LogP contribution in [-0.4, -0.2) is 19.3 Å². The smallest absolute Gasteiger partial charge is 0.268 e. The SMILES string of the molecule is CC(C)(C)c1ccc(C(=O)NS(=O)(=O)c2ccc(N)cc2)c(NCc2ccccc2)n1.[HH]. The first kappa shape index (κ1) is 22.3. The molecule has 1 aromatic heterocycles. The molecule has 0 atom stereocenters. The lowest BCUT2D eigenvalue weighted by Gasteiger charge is -2.20. The zero-order valence-electron chi connectivity index (χ0n) is 17.7. The van der Waals surface area contributed by atoms with Crippen LogP contribution in [0.1, 0.15) is 43.8 Å². The van der Waals surface area contributed by atoms with Crippen molar-refractivity contribution in [1.29, 1.82) is 0 Å². The van der Waals surface area contributed by atoms with Crippen molar-refractivity contribution in [3.8, 4) is 0 Å². The maximum atomic E-state index is 12.9. The summed E-state index contributed by atoms with van der Waals surface area (Å²) in [5, 5.41) is 3.17. The minimum atomic E-state index is -4.06. The molecule has 0 aliphatic carbocycles. The van der Waals surface area contributed by atoms with E-state index in [0.717, 1.165) is 11.3 Å². The molecule has 1 heterocycles. The zero-order chi connectivity index (χ0) is 22.6. The molecular formula is C23H28N4O3S. The van der Waals surface area contributed by atoms with Crippen molar-refractivity contribution < 1.29 is 14.6 Å². The summed E-state index contributed by atoms with van der Waals surface area (Å²) in [5.74, 6) is -0.443. The quantitative estimate of drug-likeness (QED) is 0.500. The molecule has 0 fully saturated rings. The first-order valence-corrected chi connectivity index (χ1v) is 11.3. The van der Waals surface area contributed by atoms with Gasteiger partial charge in [0.25, 0.3) is 15.9 Å². The third-order valence-corrected chi connectivity index (χ3v) is 5.98. The van der Waals surface area contributed by atoms with Gasteiger partial charge in [0.15, 0.2) is 0 Å². The fourth-order valence-electron chi connectivity index (χ4n) is 2.86. The molecule has 3 rings (SSSR count). The van der Waals surface area contributed by atoms with Crippen LogP contribution in [0.4, 0.5) is 11.5 Å². The largest absolute Gasteiger partial charge is 0.399 e. The van der Waals surface area contributed by atoms with E-state index in [-0.39, 0.29) is 17.3 Å². The summed E-state index contributed by atoms with van der Waals surface area (Å²) >= 11 is 0. The summed E-state index contributed by atoms with van der Waals surface area (Å²) in [4.78, 5) is 17.5. The Kier molecular flexibility index (Phi) is 6.31. The van der Waals surface area contributed by atoms with E-state index in [9.17, 15) is 13.2 Å². The normalized spacial score (nSPS) is 11.7. The van der Waals surface area contributed by atoms with Crippen molar-refractivity contribution in [2.24, 2.45) is 0 Å². The van der Waals surface area contributed by atoms with Crippen molar-refractivity contribution in [2.45, 2.75) is 37.6 Å². The van der Waals surface area contributed by atoms with Gasteiger partial charge in [-0.1, -0.05) is 51.1 Å². The van der Waals surface area contributed by atoms with Gasteiger partial charge in [-0.15, -0.1) is 0 Å². The number of anilines is 2. The Balaban J connectivity index is 0.00000363. The van der Waals surface area contributed by atoms with Crippen LogP contribution in [0.3, 0.4) is 0 Å². The van der Waals surface area contributed by atoms with Gasteiger partial charge in [0.05, 0.1) is 10.5 Å². The number of hydrogen-bond donors (Lipinski definition) is 3. The first-order valence-electron chi connectivity index (χ1n) is 9.78. The molecule has 8 heteroatoms. The van der Waals surface area contributed by atoms with Crippen LogP contribution in [0.15, 0.2) is 71.6 Å². The molecule has 2 aromatic carbocycles. The van der Waals surface area contributed by atoms with Crippen molar-refractivity contribution in [1.82, 2.24) is 9.71 Å². The number of nitrogens with one attached hydrogen (secondary N) is 2. The molecule has 1 amide bonds. The molecule has 3 aromatic rings. The van der Waals surface area contributed by atoms with E-state index in [1.165, 1.54) is 24.3 Å². The number of carbonyl (C=O) groups excluding carboxylic acids is 1. The summed E-state index contributed by atoms with van der Waals surface area (Å²) in [6, 6.07) is 18.6. The molecule has 0 unspecified atom stereocenters. The maximum Gasteiger partial charge on any atom is 0.268 e. The minimum absolute atomic E-state index is 0. The molecule has 0 bridgehead atoms. The van der Waals surface area contributed by atoms with Gasteiger partial charge in [-0.2, -0.15) is 0 Å². The van der Waals surface area contributed by atoms with Crippen LogP contribution in [0.2, 0.25) is 0 Å². The Morgan fingerprint density at radius 2 is 1.65 bits per heavy atom. The second-order valence-corrected chi connectivity index (χ2v) is 9.87. The number of nitrogens with two attached hydrogens (primary N) is 1. The highest BCUT2D eigenvalue weighted by atomic mass is 32.2. The average Bonchev–Trinajstić information content (AvgIpc) is 2.72. The Bertz CT molecular complexity index is 1180. The van der Waals surface area contributed by atoms with Crippen LogP contribution in [0, 0.1) is 0 Å². The van der Waals surface area contributed by atoms with E-state index in [0.29, 0.717) is 18.1 Å². The van der Waals surface area contributed by atoms with Gasteiger partial charge >= 0.3 is 0 Å². The number of aromatic nitrogens is 1. The Labute approximate surface area is 184 Å². The van der Waals surface area contributed by atoms with Crippen LogP contribution >= 0.6 is 0 Å². The van der Waals surface area contributed by atoms with Gasteiger partial charge in [0, 0.05) is 24.8 Å². The lowest BCUT2D eigenvalue weighted by Crippen LogP contribution is -2.31. The Morgan fingerprint density at radius 1 is 1.00 bits per heavy atom. The Hall–Kier alpha value is -3.39. The van der Waals surface area contributed by atoms with Crippen LogP contribution < -0.4 is 15.8 Å². The van der Waals surface area contributed by atoms with E-state index in [4.69, 9.17) is 5.73 Å². The van der Waals surface area contributed by atoms with E-state index < -0.39 is 15.9 Å². The van der Waals surface area contributed by atoms with Crippen molar-refractivity contribution in [2.75, 3.05) is 11.1 Å². The lowest BCUT2D eigenvalue weighted by molar-refractivity contribution is 0.0981. The number of hydrogen-bond acceptors (Lipinski definition) is 6. The molecule has 0 aliphatic heterocycles. The Morgan fingerprint density at radius 3 is 2.26 bits per heavy atom. The highest BCUT2D eigenvalue weighted by molar-refractivity contribution is 7.90. The summed E-state index contributed by atoms with van der Waals surface area (Å²) < 4.78 is 27.4. The third kappa shape index (κ3) is 5.61. The first-order chi connectivity index (χ1) is 14.6. The highest BCUT2D eigenvalue weighted by Gasteiger charge is 2.24. The van der Waals surface area contributed by atoms with Gasteiger partial charge in [-0.25, -0.2) is 18.1 Å². The minimum Gasteiger partial charge on any atom is -0.399 e. The number of sulfonamides is 1. The molecule has 0 radical (unpaired) electrons. The maximum absolute atomic E-state index is 12.9. The van der Waals surface area contributed by atoms with E-state index in [2.05, 4.69) is 15.0 Å². The van der Waals surface area contributed by atoms with Gasteiger partial charge in [0.1, 0.15) is 5.82 Å². The molecule has 7 nitrogen and oxygen atoms in total. The van der Waals surface area contributed by atoms with Gasteiger partial charge < -0.3 is 11.1 Å². The van der Waals surface area contributed by atoms with Crippen LogP contribution in [-0.2, 0) is 22.0 Å². The molecule has 31 heavy (non-hydrogen) atoms. The van der Waals surface area contributed by atoms with Crippen LogP contribution in [0.5, 0.6) is 0 Å². The number of amides is 1. The fourth-order valence-corrected chi connectivity index (χ4v) is 3.83. The molecule has 0 saturated carbocycles. The second-order valence-electron chi connectivity index (χ2n) is 8.19. The third-order valence-electron chi connectivity index (χ3n) is 4.63. The van der Waals surface area contributed by atoms with E-state index in [1.54, 1.807) is 12.1 Å². The van der Waals surface area contributed by atoms with Crippen LogP contribution in [0.25, 0.3) is 0 Å². The average molecular weight is 441 g/mol. The molecule has 164 valence electrons. The number of pyridine rings is 1. The molecule has 0 aliphatic rings. The molecule has 4 N–H and O–H groups in total. The van der Waals surface area contributed by atoms with E-state index >= 15 is 0 Å². The summed E-state index contributed by atoms with van der Waals surface area (Å²) in [5.41, 5.74) is 7.73. The lowest BCUT2D eigenvalue weighted by atomic mass is 9.91.